The van der Waals surface area contributed by atoms with Crippen LogP contribution in [0.5, 0.6) is 11.5 Å². The molecule has 0 saturated carbocycles. The zero-order chi connectivity index (χ0) is 14.4. The first-order valence-corrected chi connectivity index (χ1v) is 7.39. The summed E-state index contributed by atoms with van der Waals surface area (Å²) in [5, 5.41) is 0. The van der Waals surface area contributed by atoms with E-state index in [1.165, 1.54) is 0 Å². The molecule has 0 aliphatic carbocycles. The Bertz CT molecular complexity index is 453. The van der Waals surface area contributed by atoms with Gasteiger partial charge >= 0.3 is 0 Å². The number of Topliss-reactive ketones (excluding diaryl/α,β-unsaturated/α-hetero) is 1. The summed E-state index contributed by atoms with van der Waals surface area (Å²) in [5.41, 5.74) is 0.700. The van der Waals surface area contributed by atoms with E-state index < -0.39 is 0 Å². The monoisotopic (exact) mass is 277 g/mol. The summed E-state index contributed by atoms with van der Waals surface area (Å²) in [5.74, 6) is 1.55. The Labute approximate surface area is 120 Å². The van der Waals surface area contributed by atoms with Crippen molar-refractivity contribution in [3.05, 3.63) is 23.8 Å². The summed E-state index contributed by atoms with van der Waals surface area (Å²) < 4.78 is 11.0. The van der Waals surface area contributed by atoms with E-state index in [2.05, 4.69) is 18.7 Å². The smallest absolute Gasteiger partial charge is 0.176 e. The molecule has 4 nitrogen and oxygen atoms in total. The zero-order valence-electron chi connectivity index (χ0n) is 12.4. The molecule has 0 N–H and O–H groups in total. The zero-order valence-corrected chi connectivity index (χ0v) is 12.4. The Morgan fingerprint density at radius 2 is 1.75 bits per heavy atom. The fraction of sp³-hybridized carbons (Fsp3) is 0.562. The summed E-state index contributed by atoms with van der Waals surface area (Å²) in [4.78, 5) is 14.6. The molecule has 0 unspecified atom stereocenters. The van der Waals surface area contributed by atoms with Crippen molar-refractivity contribution in [2.24, 2.45) is 0 Å². The van der Waals surface area contributed by atoms with Gasteiger partial charge in [-0.1, -0.05) is 13.8 Å². The average Bonchev–Trinajstić information content (AvgIpc) is 2.47. The maximum absolute atomic E-state index is 12.4. The van der Waals surface area contributed by atoms with Crippen molar-refractivity contribution in [1.82, 2.24) is 4.90 Å². The third-order valence-corrected chi connectivity index (χ3v) is 3.31. The van der Waals surface area contributed by atoms with Crippen LogP contribution in [0.1, 0.15) is 37.0 Å². The average molecular weight is 277 g/mol. The van der Waals surface area contributed by atoms with Crippen LogP contribution in [0.4, 0.5) is 0 Å². The molecular weight excluding hydrogens is 254 g/mol. The van der Waals surface area contributed by atoms with E-state index in [-0.39, 0.29) is 5.78 Å². The van der Waals surface area contributed by atoms with Gasteiger partial charge in [0, 0.05) is 5.56 Å². The topological polar surface area (TPSA) is 38.8 Å². The van der Waals surface area contributed by atoms with Gasteiger partial charge in [-0.25, -0.2) is 0 Å². The molecule has 0 spiro atoms. The molecular formula is C16H23NO3. The van der Waals surface area contributed by atoms with Crippen LogP contribution >= 0.6 is 0 Å². The minimum Gasteiger partial charge on any atom is -0.486 e. The van der Waals surface area contributed by atoms with Crippen molar-refractivity contribution in [2.45, 2.75) is 26.7 Å². The standard InChI is InChI=1S/C16H23NO3/c1-3-7-17(8-4-2)12-14(18)13-5-6-15-16(11-13)20-10-9-19-15/h5-6,11H,3-4,7-10,12H2,1-2H3. The second-order valence-electron chi connectivity index (χ2n) is 5.06. The van der Waals surface area contributed by atoms with Crippen molar-refractivity contribution in [3.63, 3.8) is 0 Å². The van der Waals surface area contributed by atoms with Gasteiger partial charge in [-0.2, -0.15) is 0 Å². The van der Waals surface area contributed by atoms with Crippen LogP contribution in [0.15, 0.2) is 18.2 Å². The highest BCUT2D eigenvalue weighted by atomic mass is 16.6. The first-order chi connectivity index (χ1) is 9.74. The minimum atomic E-state index is 0.142. The van der Waals surface area contributed by atoms with E-state index in [0.717, 1.165) is 31.7 Å². The number of benzene rings is 1. The van der Waals surface area contributed by atoms with Gasteiger partial charge in [0.25, 0.3) is 0 Å². The van der Waals surface area contributed by atoms with E-state index in [1.54, 1.807) is 6.07 Å². The summed E-state index contributed by atoms with van der Waals surface area (Å²) in [6, 6.07) is 5.45. The van der Waals surface area contributed by atoms with Crippen LogP contribution in [0.3, 0.4) is 0 Å². The van der Waals surface area contributed by atoms with Crippen LogP contribution in [0.25, 0.3) is 0 Å². The molecule has 1 aliphatic heterocycles. The van der Waals surface area contributed by atoms with Crippen LogP contribution in [-0.4, -0.2) is 43.5 Å². The van der Waals surface area contributed by atoms with Gasteiger partial charge in [-0.15, -0.1) is 0 Å². The fourth-order valence-corrected chi connectivity index (χ4v) is 2.41. The predicted molar refractivity (Wildman–Crippen MR) is 78.8 cm³/mol. The molecule has 1 aromatic carbocycles. The van der Waals surface area contributed by atoms with Gasteiger partial charge in [0.1, 0.15) is 13.2 Å². The number of nitrogens with zero attached hydrogens (tertiary/aromatic N) is 1. The summed E-state index contributed by atoms with van der Waals surface area (Å²) in [7, 11) is 0. The number of ketones is 1. The van der Waals surface area contributed by atoms with Crippen LogP contribution < -0.4 is 9.47 Å². The highest BCUT2D eigenvalue weighted by Gasteiger charge is 2.16. The quantitative estimate of drug-likeness (QED) is 0.718. The molecule has 0 bridgehead atoms. The molecule has 0 radical (unpaired) electrons. The molecule has 2 rings (SSSR count). The predicted octanol–water partition coefficient (Wildman–Crippen LogP) is 2.76. The normalized spacial score (nSPS) is 13.6. The van der Waals surface area contributed by atoms with Crippen LogP contribution in [-0.2, 0) is 0 Å². The Morgan fingerprint density at radius 1 is 1.10 bits per heavy atom. The van der Waals surface area contributed by atoms with Gasteiger partial charge in [0.2, 0.25) is 0 Å². The number of ether oxygens (including phenoxy) is 2. The largest absolute Gasteiger partial charge is 0.486 e. The third kappa shape index (κ3) is 3.73. The number of rotatable bonds is 7. The molecule has 20 heavy (non-hydrogen) atoms. The van der Waals surface area contributed by atoms with E-state index in [0.29, 0.717) is 31.1 Å². The van der Waals surface area contributed by atoms with Gasteiger partial charge < -0.3 is 9.47 Å². The molecule has 0 saturated heterocycles. The molecule has 1 aromatic rings. The molecule has 0 fully saturated rings. The van der Waals surface area contributed by atoms with Crippen molar-refractivity contribution < 1.29 is 14.3 Å². The maximum Gasteiger partial charge on any atom is 0.176 e. The van der Waals surface area contributed by atoms with Crippen LogP contribution in [0, 0.1) is 0 Å². The summed E-state index contributed by atoms with van der Waals surface area (Å²) in [6.07, 6.45) is 2.13. The molecule has 1 aliphatic rings. The van der Waals surface area contributed by atoms with Crippen molar-refractivity contribution in [3.8, 4) is 11.5 Å². The number of carbonyl (C=O) groups excluding carboxylic acids is 1. The third-order valence-electron chi connectivity index (χ3n) is 3.31. The highest BCUT2D eigenvalue weighted by molar-refractivity contribution is 5.98. The molecule has 0 amide bonds. The van der Waals surface area contributed by atoms with Crippen molar-refractivity contribution in [1.29, 1.82) is 0 Å². The Balaban J connectivity index is 2.04. The Kier molecular flexibility index (Phi) is 5.41. The first-order valence-electron chi connectivity index (χ1n) is 7.39. The van der Waals surface area contributed by atoms with E-state index in [4.69, 9.17) is 9.47 Å². The molecule has 1 heterocycles. The second kappa shape index (κ2) is 7.29. The Hall–Kier alpha value is -1.55. The molecule has 110 valence electrons. The SMILES string of the molecule is CCCN(CCC)CC(=O)c1ccc2c(c1)OCCO2. The molecule has 0 aromatic heterocycles. The lowest BCUT2D eigenvalue weighted by atomic mass is 10.1. The van der Waals surface area contributed by atoms with E-state index >= 15 is 0 Å². The van der Waals surface area contributed by atoms with E-state index in [1.807, 2.05) is 12.1 Å². The number of hydrogen-bond acceptors (Lipinski definition) is 4. The van der Waals surface area contributed by atoms with Gasteiger partial charge in [0.05, 0.1) is 6.54 Å². The lowest BCUT2D eigenvalue weighted by Crippen LogP contribution is -2.31. The van der Waals surface area contributed by atoms with Gasteiger partial charge in [-0.05, 0) is 44.1 Å². The van der Waals surface area contributed by atoms with Crippen LogP contribution in [0.2, 0.25) is 0 Å². The minimum absolute atomic E-state index is 0.142. The second-order valence-corrected chi connectivity index (χ2v) is 5.06. The maximum atomic E-state index is 12.4. The van der Waals surface area contributed by atoms with Crippen molar-refractivity contribution in [2.75, 3.05) is 32.8 Å². The highest BCUT2D eigenvalue weighted by Crippen LogP contribution is 2.30. The molecule has 0 atom stereocenters. The lowest BCUT2D eigenvalue weighted by Gasteiger charge is -2.21. The van der Waals surface area contributed by atoms with Gasteiger partial charge in [0.15, 0.2) is 17.3 Å². The van der Waals surface area contributed by atoms with Gasteiger partial charge in [-0.3, -0.25) is 9.69 Å². The number of carbonyl (C=O) groups is 1. The number of hydrogen-bond donors (Lipinski definition) is 0. The number of fused-ring (bicyclic) bond motifs is 1. The van der Waals surface area contributed by atoms with E-state index in [9.17, 15) is 4.79 Å². The fourth-order valence-electron chi connectivity index (χ4n) is 2.41. The summed E-state index contributed by atoms with van der Waals surface area (Å²) in [6.45, 7) is 7.79. The first kappa shape index (κ1) is 14.9. The van der Waals surface area contributed by atoms with Crippen molar-refractivity contribution >= 4 is 5.78 Å². The summed E-state index contributed by atoms with van der Waals surface area (Å²) >= 11 is 0. The lowest BCUT2D eigenvalue weighted by molar-refractivity contribution is 0.0929. The Morgan fingerprint density at radius 3 is 2.40 bits per heavy atom. The molecule has 4 heteroatoms.